The third kappa shape index (κ3) is 6.70. The number of methoxy groups -OCH3 is 2. The molecule has 0 atom stereocenters. The molecule has 0 aromatic heterocycles. The van der Waals surface area contributed by atoms with E-state index in [1.165, 1.54) is 5.56 Å². The van der Waals surface area contributed by atoms with Crippen molar-refractivity contribution in [3.05, 3.63) is 59.7 Å². The highest BCUT2D eigenvalue weighted by Crippen LogP contribution is 2.27. The highest BCUT2D eigenvalue weighted by molar-refractivity contribution is 7.99. The number of carbonyl (C=O) groups excluding carboxylic acids is 1. The van der Waals surface area contributed by atoms with Gasteiger partial charge in [-0.25, -0.2) is 0 Å². The van der Waals surface area contributed by atoms with E-state index >= 15 is 0 Å². The topological polar surface area (TPSA) is 47.6 Å². The zero-order valence-corrected chi connectivity index (χ0v) is 15.6. The fourth-order valence-electron chi connectivity index (χ4n) is 2.43. The van der Waals surface area contributed by atoms with Crippen molar-refractivity contribution in [3.63, 3.8) is 0 Å². The molecule has 2 aromatic carbocycles. The molecule has 0 aliphatic rings. The number of carbonyl (C=O) groups is 1. The average molecular weight is 359 g/mol. The number of hydrogen-bond donors (Lipinski definition) is 1. The second-order valence-corrected chi connectivity index (χ2v) is 6.71. The van der Waals surface area contributed by atoms with Crippen molar-refractivity contribution in [1.82, 2.24) is 5.32 Å². The third-order valence-corrected chi connectivity index (χ3v) is 4.81. The summed E-state index contributed by atoms with van der Waals surface area (Å²) in [4.78, 5) is 11.9. The third-order valence-electron chi connectivity index (χ3n) is 3.77. The van der Waals surface area contributed by atoms with Crippen LogP contribution in [-0.4, -0.2) is 31.6 Å². The van der Waals surface area contributed by atoms with Crippen molar-refractivity contribution in [2.75, 3.05) is 25.7 Å². The summed E-state index contributed by atoms with van der Waals surface area (Å²) in [7, 11) is 3.21. The molecule has 0 radical (unpaired) electrons. The second-order valence-electron chi connectivity index (χ2n) is 5.61. The minimum Gasteiger partial charge on any atom is -0.493 e. The number of rotatable bonds is 10. The molecule has 2 aromatic rings. The van der Waals surface area contributed by atoms with E-state index in [1.54, 1.807) is 26.0 Å². The van der Waals surface area contributed by atoms with E-state index in [-0.39, 0.29) is 5.91 Å². The Balaban J connectivity index is 1.64. The maximum atomic E-state index is 11.9. The second kappa shape index (κ2) is 10.7. The molecule has 0 fully saturated rings. The van der Waals surface area contributed by atoms with Crippen LogP contribution in [0.15, 0.2) is 48.5 Å². The molecule has 0 aliphatic carbocycles. The normalized spacial score (nSPS) is 10.3. The van der Waals surface area contributed by atoms with Crippen LogP contribution < -0.4 is 14.8 Å². The van der Waals surface area contributed by atoms with Gasteiger partial charge in [-0.15, -0.1) is 0 Å². The highest BCUT2D eigenvalue weighted by atomic mass is 32.2. The zero-order chi connectivity index (χ0) is 17.9. The summed E-state index contributed by atoms with van der Waals surface area (Å²) in [6, 6.07) is 16.1. The Morgan fingerprint density at radius 2 is 1.76 bits per heavy atom. The molecule has 4 nitrogen and oxygen atoms in total. The van der Waals surface area contributed by atoms with E-state index in [2.05, 4.69) is 29.6 Å². The quantitative estimate of drug-likeness (QED) is 0.657. The van der Waals surface area contributed by atoms with Crippen LogP contribution in [-0.2, 0) is 17.8 Å². The van der Waals surface area contributed by atoms with Crippen LogP contribution in [0, 0.1) is 0 Å². The van der Waals surface area contributed by atoms with E-state index in [1.807, 2.05) is 24.3 Å². The molecule has 0 spiro atoms. The van der Waals surface area contributed by atoms with Gasteiger partial charge in [0.1, 0.15) is 0 Å². The monoisotopic (exact) mass is 359 g/mol. The summed E-state index contributed by atoms with van der Waals surface area (Å²) < 4.78 is 10.5. The molecule has 5 heteroatoms. The predicted molar refractivity (Wildman–Crippen MR) is 103 cm³/mol. The van der Waals surface area contributed by atoms with Crippen LogP contribution in [0.2, 0.25) is 0 Å². The molecule has 0 saturated heterocycles. The SMILES string of the molecule is COc1ccc(CNC(=O)CSCCCc2ccccc2)cc1OC. The number of nitrogens with one attached hydrogen (secondary N) is 1. The Morgan fingerprint density at radius 3 is 2.48 bits per heavy atom. The molecule has 0 aliphatic heterocycles. The lowest BCUT2D eigenvalue weighted by Crippen LogP contribution is -2.24. The van der Waals surface area contributed by atoms with Gasteiger partial charge in [-0.2, -0.15) is 11.8 Å². The number of thioether (sulfide) groups is 1. The number of hydrogen-bond acceptors (Lipinski definition) is 4. The lowest BCUT2D eigenvalue weighted by atomic mass is 10.1. The summed E-state index contributed by atoms with van der Waals surface area (Å²) in [6.07, 6.45) is 2.14. The summed E-state index contributed by atoms with van der Waals surface area (Å²) in [6.45, 7) is 0.490. The van der Waals surface area contributed by atoms with E-state index in [4.69, 9.17) is 9.47 Å². The minimum atomic E-state index is 0.0551. The van der Waals surface area contributed by atoms with Gasteiger partial charge in [-0.1, -0.05) is 36.4 Å². The van der Waals surface area contributed by atoms with E-state index in [0.717, 1.165) is 24.2 Å². The van der Waals surface area contributed by atoms with Gasteiger partial charge in [0.2, 0.25) is 5.91 Å². The Morgan fingerprint density at radius 1 is 1.00 bits per heavy atom. The van der Waals surface area contributed by atoms with Crippen LogP contribution in [0.4, 0.5) is 0 Å². The maximum absolute atomic E-state index is 11.9. The van der Waals surface area contributed by atoms with Crippen molar-refractivity contribution >= 4 is 17.7 Å². The molecule has 0 heterocycles. The van der Waals surface area contributed by atoms with Crippen molar-refractivity contribution in [2.24, 2.45) is 0 Å². The summed E-state index contributed by atoms with van der Waals surface area (Å²) in [5.74, 6) is 2.89. The predicted octanol–water partition coefficient (Wildman–Crippen LogP) is 3.69. The fraction of sp³-hybridized carbons (Fsp3) is 0.350. The number of benzene rings is 2. The molecular formula is C20H25NO3S. The molecule has 1 amide bonds. The molecule has 0 unspecified atom stereocenters. The van der Waals surface area contributed by atoms with Gasteiger partial charge in [0.05, 0.1) is 20.0 Å². The van der Waals surface area contributed by atoms with Crippen molar-refractivity contribution in [1.29, 1.82) is 0 Å². The van der Waals surface area contributed by atoms with Crippen molar-refractivity contribution < 1.29 is 14.3 Å². The van der Waals surface area contributed by atoms with E-state index in [9.17, 15) is 4.79 Å². The molecule has 134 valence electrons. The van der Waals surface area contributed by atoms with Crippen LogP contribution in [0.1, 0.15) is 17.5 Å². The number of amides is 1. The molecule has 1 N–H and O–H groups in total. The highest BCUT2D eigenvalue weighted by Gasteiger charge is 2.06. The summed E-state index contributed by atoms with van der Waals surface area (Å²) in [5, 5.41) is 2.94. The van der Waals surface area contributed by atoms with Gasteiger partial charge in [0, 0.05) is 6.54 Å². The van der Waals surface area contributed by atoms with Crippen LogP contribution in [0.3, 0.4) is 0 Å². The van der Waals surface area contributed by atoms with Crippen LogP contribution >= 0.6 is 11.8 Å². The van der Waals surface area contributed by atoms with Gasteiger partial charge in [0.25, 0.3) is 0 Å². The average Bonchev–Trinajstić information content (AvgIpc) is 2.66. The largest absolute Gasteiger partial charge is 0.493 e. The maximum Gasteiger partial charge on any atom is 0.230 e. The first-order valence-electron chi connectivity index (χ1n) is 8.32. The molecular weight excluding hydrogens is 334 g/mol. The number of aryl methyl sites for hydroxylation is 1. The van der Waals surface area contributed by atoms with Crippen LogP contribution in [0.5, 0.6) is 11.5 Å². The van der Waals surface area contributed by atoms with Gasteiger partial charge in [-0.05, 0) is 41.9 Å². The summed E-state index contributed by atoms with van der Waals surface area (Å²) in [5.41, 5.74) is 2.33. The minimum absolute atomic E-state index is 0.0551. The molecule has 0 bridgehead atoms. The standard InChI is InChI=1S/C20H25NO3S/c1-23-18-11-10-17(13-19(18)24-2)14-21-20(22)15-25-12-6-9-16-7-4-3-5-8-16/h3-5,7-8,10-11,13H,6,9,12,14-15H2,1-2H3,(H,21,22). The van der Waals surface area contributed by atoms with Crippen molar-refractivity contribution in [2.45, 2.75) is 19.4 Å². The molecule has 0 saturated carbocycles. The Bertz CT molecular complexity index is 661. The Kier molecular flexibility index (Phi) is 8.19. The first-order chi connectivity index (χ1) is 12.2. The first-order valence-corrected chi connectivity index (χ1v) is 9.47. The van der Waals surface area contributed by atoms with Gasteiger partial charge < -0.3 is 14.8 Å². The Labute approximate surface area is 153 Å². The lowest BCUT2D eigenvalue weighted by molar-refractivity contribution is -0.118. The van der Waals surface area contributed by atoms with E-state index in [0.29, 0.717) is 23.8 Å². The molecule has 2 rings (SSSR count). The van der Waals surface area contributed by atoms with Crippen molar-refractivity contribution in [3.8, 4) is 11.5 Å². The van der Waals surface area contributed by atoms with E-state index < -0.39 is 0 Å². The van der Waals surface area contributed by atoms with Crippen LogP contribution in [0.25, 0.3) is 0 Å². The fourth-order valence-corrected chi connectivity index (χ4v) is 3.21. The lowest BCUT2D eigenvalue weighted by Gasteiger charge is -2.10. The molecule has 25 heavy (non-hydrogen) atoms. The smallest absolute Gasteiger partial charge is 0.230 e. The number of ether oxygens (including phenoxy) is 2. The van der Waals surface area contributed by atoms with Gasteiger partial charge in [-0.3, -0.25) is 4.79 Å². The van der Waals surface area contributed by atoms with Gasteiger partial charge in [0.15, 0.2) is 11.5 Å². The van der Waals surface area contributed by atoms with Gasteiger partial charge >= 0.3 is 0 Å². The zero-order valence-electron chi connectivity index (χ0n) is 14.8. The Hall–Kier alpha value is -2.14. The summed E-state index contributed by atoms with van der Waals surface area (Å²) >= 11 is 1.67. The first kappa shape index (κ1) is 19.2.